The highest BCUT2D eigenvalue weighted by Crippen LogP contribution is 2.33. The molecule has 16 heavy (non-hydrogen) atoms. The van der Waals surface area contributed by atoms with Gasteiger partial charge >= 0.3 is 0 Å². The highest BCUT2D eigenvalue weighted by Gasteiger charge is 2.11. The predicted octanol–water partition coefficient (Wildman–Crippen LogP) is 4.34. The lowest BCUT2D eigenvalue weighted by molar-refractivity contribution is 0.413. The Morgan fingerprint density at radius 2 is 2.25 bits per heavy atom. The summed E-state index contributed by atoms with van der Waals surface area (Å²) in [6, 6.07) is 7.62. The molecule has 4 heteroatoms. The molecule has 1 aromatic rings. The van der Waals surface area contributed by atoms with E-state index in [0.717, 1.165) is 10.0 Å². The van der Waals surface area contributed by atoms with Crippen molar-refractivity contribution in [3.05, 3.63) is 33.8 Å². The van der Waals surface area contributed by atoms with Crippen LogP contribution >= 0.6 is 27.5 Å². The van der Waals surface area contributed by atoms with Gasteiger partial charge in [-0.05, 0) is 24.6 Å². The minimum absolute atomic E-state index is 0.453. The van der Waals surface area contributed by atoms with Gasteiger partial charge in [0, 0.05) is 15.6 Å². The van der Waals surface area contributed by atoms with E-state index in [0.29, 0.717) is 22.8 Å². The second-order valence-corrected chi connectivity index (χ2v) is 4.40. The van der Waals surface area contributed by atoms with E-state index in [4.69, 9.17) is 21.6 Å². The Morgan fingerprint density at radius 1 is 1.56 bits per heavy atom. The molecule has 0 N–H and O–H groups in total. The number of rotatable bonds is 3. The molecule has 0 bridgehead atoms. The number of nitriles is 1. The van der Waals surface area contributed by atoms with E-state index < -0.39 is 0 Å². The molecule has 0 aliphatic rings. The first kappa shape index (κ1) is 13.1. The first-order chi connectivity index (χ1) is 7.63. The van der Waals surface area contributed by atoms with Crippen molar-refractivity contribution in [1.82, 2.24) is 0 Å². The molecule has 0 aliphatic heterocycles. The van der Waals surface area contributed by atoms with Gasteiger partial charge in [0.15, 0.2) is 0 Å². The Kier molecular flexibility index (Phi) is 4.85. The zero-order valence-electron chi connectivity index (χ0n) is 9.05. The van der Waals surface area contributed by atoms with Gasteiger partial charge in [0.2, 0.25) is 0 Å². The van der Waals surface area contributed by atoms with E-state index in [1.54, 1.807) is 7.11 Å². The zero-order valence-corrected chi connectivity index (χ0v) is 11.4. The molecule has 0 saturated heterocycles. The summed E-state index contributed by atoms with van der Waals surface area (Å²) < 4.78 is 6.14. The van der Waals surface area contributed by atoms with Crippen LogP contribution in [0.15, 0.2) is 28.2 Å². The highest BCUT2D eigenvalue weighted by atomic mass is 79.9. The fourth-order valence-electron chi connectivity index (χ4n) is 1.29. The fourth-order valence-corrected chi connectivity index (χ4v) is 1.96. The zero-order chi connectivity index (χ0) is 12.1. The van der Waals surface area contributed by atoms with E-state index in [2.05, 4.69) is 22.0 Å². The lowest BCUT2D eigenvalue weighted by Gasteiger charge is -2.09. The van der Waals surface area contributed by atoms with Crippen LogP contribution in [0.4, 0.5) is 0 Å². The average Bonchev–Trinajstić information content (AvgIpc) is 2.30. The Balaban J connectivity index is 3.34. The van der Waals surface area contributed by atoms with Crippen molar-refractivity contribution in [2.24, 2.45) is 0 Å². The molecule has 0 fully saturated rings. The largest absolute Gasteiger partial charge is 0.496 e. The molecule has 0 spiro atoms. The molecule has 0 unspecified atom stereocenters. The maximum atomic E-state index is 8.93. The molecule has 0 saturated carbocycles. The van der Waals surface area contributed by atoms with E-state index in [1.807, 2.05) is 25.1 Å². The van der Waals surface area contributed by atoms with Crippen molar-refractivity contribution in [2.75, 3.05) is 7.11 Å². The van der Waals surface area contributed by atoms with E-state index >= 15 is 0 Å². The molecule has 0 amide bonds. The summed E-state index contributed by atoms with van der Waals surface area (Å²) in [5.41, 5.74) is 1.30. The minimum Gasteiger partial charge on any atom is -0.496 e. The number of halogens is 2. The Labute approximate surface area is 109 Å². The molecule has 0 aromatic heterocycles. The Hall–Kier alpha value is -0.980. The van der Waals surface area contributed by atoms with Crippen LogP contribution in [-0.4, -0.2) is 7.11 Å². The molecule has 1 aromatic carbocycles. The van der Waals surface area contributed by atoms with Crippen molar-refractivity contribution in [3.8, 4) is 11.8 Å². The predicted molar refractivity (Wildman–Crippen MR) is 69.4 cm³/mol. The van der Waals surface area contributed by atoms with Gasteiger partial charge in [-0.25, -0.2) is 0 Å². The van der Waals surface area contributed by atoms with Crippen LogP contribution in [0.3, 0.4) is 0 Å². The summed E-state index contributed by atoms with van der Waals surface area (Å²) in [6.45, 7) is 1.90. The monoisotopic (exact) mass is 299 g/mol. The van der Waals surface area contributed by atoms with Gasteiger partial charge in [0.05, 0.1) is 18.2 Å². The van der Waals surface area contributed by atoms with Crippen LogP contribution in [0, 0.1) is 11.3 Å². The third-order valence-corrected chi connectivity index (χ3v) is 3.08. The van der Waals surface area contributed by atoms with Crippen molar-refractivity contribution in [3.63, 3.8) is 0 Å². The van der Waals surface area contributed by atoms with Crippen LogP contribution in [-0.2, 0) is 0 Å². The van der Waals surface area contributed by atoms with Crippen molar-refractivity contribution in [1.29, 1.82) is 5.26 Å². The molecule has 0 radical (unpaired) electrons. The van der Waals surface area contributed by atoms with Gasteiger partial charge in [-0.3, -0.25) is 0 Å². The van der Waals surface area contributed by atoms with E-state index in [9.17, 15) is 0 Å². The third kappa shape index (κ3) is 2.78. The topological polar surface area (TPSA) is 33.0 Å². The standard InChI is InChI=1S/C12H11BrClNO/c1-3-8(7-15)12(14)10-5-4-9(13)6-11(10)16-2/h4-6H,3H2,1-2H3/b12-8-. The van der Waals surface area contributed by atoms with Gasteiger partial charge in [-0.2, -0.15) is 5.26 Å². The summed E-state index contributed by atoms with van der Waals surface area (Å²) >= 11 is 9.52. The average molecular weight is 301 g/mol. The second kappa shape index (κ2) is 5.93. The number of benzene rings is 1. The van der Waals surface area contributed by atoms with Crippen LogP contribution < -0.4 is 4.74 Å². The van der Waals surface area contributed by atoms with Crippen LogP contribution in [0.25, 0.3) is 5.03 Å². The van der Waals surface area contributed by atoms with Crippen LogP contribution in [0.2, 0.25) is 0 Å². The second-order valence-electron chi connectivity index (χ2n) is 3.10. The lowest BCUT2D eigenvalue weighted by Crippen LogP contribution is -1.91. The summed E-state index contributed by atoms with van der Waals surface area (Å²) in [5, 5.41) is 9.39. The molecule has 1 rings (SSSR count). The molecular formula is C12H11BrClNO. The fraction of sp³-hybridized carbons (Fsp3) is 0.250. The maximum Gasteiger partial charge on any atom is 0.128 e. The van der Waals surface area contributed by atoms with Gasteiger partial charge in [-0.1, -0.05) is 34.5 Å². The van der Waals surface area contributed by atoms with E-state index in [1.165, 1.54) is 0 Å². The minimum atomic E-state index is 0.453. The molecular weight excluding hydrogens is 289 g/mol. The Bertz CT molecular complexity index is 463. The third-order valence-electron chi connectivity index (χ3n) is 2.15. The highest BCUT2D eigenvalue weighted by molar-refractivity contribution is 9.10. The van der Waals surface area contributed by atoms with Crippen LogP contribution in [0.1, 0.15) is 18.9 Å². The van der Waals surface area contributed by atoms with Gasteiger partial charge < -0.3 is 4.74 Å². The number of hydrogen-bond donors (Lipinski definition) is 0. The molecule has 0 atom stereocenters. The summed E-state index contributed by atoms with van der Waals surface area (Å²) in [4.78, 5) is 0. The molecule has 0 heterocycles. The summed E-state index contributed by atoms with van der Waals surface area (Å²) in [5.74, 6) is 0.653. The summed E-state index contributed by atoms with van der Waals surface area (Å²) in [6.07, 6.45) is 0.606. The molecule has 84 valence electrons. The summed E-state index contributed by atoms with van der Waals surface area (Å²) in [7, 11) is 1.58. The quantitative estimate of drug-likeness (QED) is 0.778. The number of nitrogens with zero attached hydrogens (tertiary/aromatic N) is 1. The van der Waals surface area contributed by atoms with Gasteiger partial charge in [0.1, 0.15) is 5.75 Å². The maximum absolute atomic E-state index is 8.93. The number of allylic oxidation sites excluding steroid dienone is 1. The first-order valence-electron chi connectivity index (χ1n) is 4.76. The van der Waals surface area contributed by atoms with E-state index in [-0.39, 0.29) is 0 Å². The van der Waals surface area contributed by atoms with Gasteiger partial charge in [-0.15, -0.1) is 0 Å². The number of hydrogen-bond acceptors (Lipinski definition) is 2. The number of ether oxygens (including phenoxy) is 1. The van der Waals surface area contributed by atoms with Crippen molar-refractivity contribution >= 4 is 32.6 Å². The van der Waals surface area contributed by atoms with Crippen molar-refractivity contribution < 1.29 is 4.74 Å². The first-order valence-corrected chi connectivity index (χ1v) is 5.93. The Morgan fingerprint density at radius 3 is 2.75 bits per heavy atom. The molecule has 2 nitrogen and oxygen atoms in total. The molecule has 0 aliphatic carbocycles. The van der Waals surface area contributed by atoms with Crippen LogP contribution in [0.5, 0.6) is 5.75 Å². The smallest absolute Gasteiger partial charge is 0.128 e. The van der Waals surface area contributed by atoms with Gasteiger partial charge in [0.25, 0.3) is 0 Å². The normalized spacial score (nSPS) is 11.7. The number of methoxy groups -OCH3 is 1. The van der Waals surface area contributed by atoms with Crippen molar-refractivity contribution in [2.45, 2.75) is 13.3 Å². The SMILES string of the molecule is CC/C(C#N)=C(/Cl)c1ccc(Br)cc1OC. The lowest BCUT2D eigenvalue weighted by atomic mass is 10.1.